The standard InChI is InChI=1S/C21H22N2O7/c1-9-12(4)29-19-11(3)20-14(5-13(9)19)10(2)15(21(28)30-20)6-16(24)22-7-17(25)23-8-18(26)27/h5H,6-8H2,1-4H3,(H,22,24)(H,23,25)(H,26,27). The van der Waals surface area contributed by atoms with Crippen LogP contribution in [0, 0.1) is 27.7 Å². The Morgan fingerprint density at radius 3 is 2.13 bits per heavy atom. The van der Waals surface area contributed by atoms with E-state index in [2.05, 4.69) is 10.6 Å². The fourth-order valence-electron chi connectivity index (χ4n) is 3.34. The van der Waals surface area contributed by atoms with Crippen LogP contribution in [0.1, 0.15) is 28.0 Å². The van der Waals surface area contributed by atoms with Crippen molar-refractivity contribution in [1.29, 1.82) is 0 Å². The number of aliphatic carboxylic acids is 1. The second kappa shape index (κ2) is 8.02. The Hall–Kier alpha value is -3.62. The number of carboxylic acids is 1. The number of rotatable bonds is 6. The van der Waals surface area contributed by atoms with Crippen LogP contribution in [0.2, 0.25) is 0 Å². The fourth-order valence-corrected chi connectivity index (χ4v) is 3.34. The van der Waals surface area contributed by atoms with Gasteiger partial charge in [-0.1, -0.05) is 0 Å². The number of carbonyl (C=O) groups excluding carboxylic acids is 2. The predicted molar refractivity (Wildman–Crippen MR) is 109 cm³/mol. The molecule has 1 aromatic carbocycles. The number of aryl methyl sites for hydroxylation is 4. The van der Waals surface area contributed by atoms with Crippen molar-refractivity contribution in [3.05, 3.63) is 44.5 Å². The molecule has 0 bridgehead atoms. The molecule has 0 saturated heterocycles. The van der Waals surface area contributed by atoms with Gasteiger partial charge >= 0.3 is 11.6 Å². The van der Waals surface area contributed by atoms with Gasteiger partial charge in [-0.05, 0) is 44.9 Å². The van der Waals surface area contributed by atoms with Crippen molar-refractivity contribution in [2.45, 2.75) is 34.1 Å². The largest absolute Gasteiger partial charge is 0.480 e. The van der Waals surface area contributed by atoms with E-state index in [1.54, 1.807) is 6.92 Å². The number of carboxylic acid groups (broad SMARTS) is 1. The van der Waals surface area contributed by atoms with E-state index in [0.717, 1.165) is 16.7 Å². The maximum atomic E-state index is 12.5. The van der Waals surface area contributed by atoms with Crippen LogP contribution in [-0.2, 0) is 20.8 Å². The van der Waals surface area contributed by atoms with Gasteiger partial charge in [0, 0.05) is 16.3 Å². The van der Waals surface area contributed by atoms with Crippen LogP contribution >= 0.6 is 0 Å². The molecule has 2 heterocycles. The highest BCUT2D eigenvalue weighted by Crippen LogP contribution is 2.34. The van der Waals surface area contributed by atoms with E-state index in [1.165, 1.54) is 0 Å². The molecule has 3 aromatic rings. The van der Waals surface area contributed by atoms with Gasteiger partial charge in [-0.3, -0.25) is 14.4 Å². The highest BCUT2D eigenvalue weighted by atomic mass is 16.4. The van der Waals surface area contributed by atoms with Crippen LogP contribution < -0.4 is 16.3 Å². The van der Waals surface area contributed by atoms with Gasteiger partial charge in [0.25, 0.3) is 0 Å². The minimum Gasteiger partial charge on any atom is -0.480 e. The Bertz CT molecular complexity index is 1250. The van der Waals surface area contributed by atoms with Gasteiger partial charge < -0.3 is 24.6 Å². The second-order valence-corrected chi connectivity index (χ2v) is 7.16. The van der Waals surface area contributed by atoms with E-state index in [1.807, 2.05) is 26.8 Å². The van der Waals surface area contributed by atoms with Gasteiger partial charge in [0.15, 0.2) is 0 Å². The third-order valence-corrected chi connectivity index (χ3v) is 5.16. The number of nitrogens with one attached hydrogen (secondary N) is 2. The van der Waals surface area contributed by atoms with Gasteiger partial charge in [0.05, 0.1) is 18.5 Å². The topological polar surface area (TPSA) is 139 Å². The van der Waals surface area contributed by atoms with Crippen LogP contribution in [0.4, 0.5) is 0 Å². The summed E-state index contributed by atoms with van der Waals surface area (Å²) >= 11 is 0. The third-order valence-electron chi connectivity index (χ3n) is 5.16. The first-order valence-corrected chi connectivity index (χ1v) is 9.31. The number of benzene rings is 1. The second-order valence-electron chi connectivity index (χ2n) is 7.16. The molecule has 0 radical (unpaired) electrons. The zero-order valence-electron chi connectivity index (χ0n) is 17.1. The Kier molecular flexibility index (Phi) is 5.64. The molecule has 0 saturated carbocycles. The summed E-state index contributed by atoms with van der Waals surface area (Å²) in [6, 6.07) is 1.89. The number of hydrogen-bond acceptors (Lipinski definition) is 6. The molecule has 3 N–H and O–H groups in total. The van der Waals surface area contributed by atoms with E-state index in [4.69, 9.17) is 13.9 Å². The number of furan rings is 1. The molecule has 0 atom stereocenters. The zero-order valence-corrected chi connectivity index (χ0v) is 17.1. The lowest BCUT2D eigenvalue weighted by molar-refractivity contribution is -0.137. The molecule has 0 aliphatic heterocycles. The smallest absolute Gasteiger partial charge is 0.340 e. The Morgan fingerprint density at radius 2 is 1.47 bits per heavy atom. The molecule has 9 heteroatoms. The maximum Gasteiger partial charge on any atom is 0.340 e. The average Bonchev–Trinajstić information content (AvgIpc) is 2.97. The maximum absolute atomic E-state index is 12.5. The SMILES string of the molecule is Cc1oc2c(C)c3oc(=O)c(CC(=O)NCC(=O)NCC(=O)O)c(C)c3cc2c1C. The molecule has 2 amide bonds. The van der Waals surface area contributed by atoms with E-state index in [9.17, 15) is 19.2 Å². The monoisotopic (exact) mass is 414 g/mol. The summed E-state index contributed by atoms with van der Waals surface area (Å²) in [5, 5.41) is 14.7. The Morgan fingerprint density at radius 1 is 0.867 bits per heavy atom. The van der Waals surface area contributed by atoms with Crippen molar-refractivity contribution in [3.8, 4) is 0 Å². The van der Waals surface area contributed by atoms with Gasteiger partial charge in [-0.2, -0.15) is 0 Å². The lowest BCUT2D eigenvalue weighted by Crippen LogP contribution is -2.39. The molecule has 0 aliphatic carbocycles. The van der Waals surface area contributed by atoms with Gasteiger partial charge in [-0.15, -0.1) is 0 Å². The van der Waals surface area contributed by atoms with Gasteiger partial charge in [-0.25, -0.2) is 4.79 Å². The summed E-state index contributed by atoms with van der Waals surface area (Å²) in [6.07, 6.45) is -0.267. The van der Waals surface area contributed by atoms with E-state index in [-0.39, 0.29) is 12.0 Å². The summed E-state index contributed by atoms with van der Waals surface area (Å²) < 4.78 is 11.3. The van der Waals surface area contributed by atoms with Crippen molar-refractivity contribution in [1.82, 2.24) is 10.6 Å². The van der Waals surface area contributed by atoms with Crippen molar-refractivity contribution in [2.75, 3.05) is 13.1 Å². The van der Waals surface area contributed by atoms with Crippen LogP contribution in [-0.4, -0.2) is 36.0 Å². The summed E-state index contributed by atoms with van der Waals surface area (Å²) in [6.45, 7) is 6.45. The van der Waals surface area contributed by atoms with Crippen molar-refractivity contribution in [2.24, 2.45) is 0 Å². The minimum atomic E-state index is -1.19. The molecular formula is C21H22N2O7. The summed E-state index contributed by atoms with van der Waals surface area (Å²) in [7, 11) is 0. The predicted octanol–water partition coefficient (Wildman–Crippen LogP) is 1.63. The van der Waals surface area contributed by atoms with Crippen molar-refractivity contribution < 1.29 is 28.3 Å². The van der Waals surface area contributed by atoms with Crippen LogP contribution in [0.25, 0.3) is 21.9 Å². The summed E-state index contributed by atoms with van der Waals surface area (Å²) in [4.78, 5) is 46.7. The van der Waals surface area contributed by atoms with E-state index >= 15 is 0 Å². The van der Waals surface area contributed by atoms with Crippen LogP contribution in [0.3, 0.4) is 0 Å². The lowest BCUT2D eigenvalue weighted by atomic mass is 9.99. The van der Waals surface area contributed by atoms with Gasteiger partial charge in [0.1, 0.15) is 23.5 Å². The Labute approximate surface area is 171 Å². The zero-order chi connectivity index (χ0) is 22.2. The molecule has 30 heavy (non-hydrogen) atoms. The summed E-state index contributed by atoms with van der Waals surface area (Å²) in [5.41, 5.74) is 2.97. The van der Waals surface area contributed by atoms with E-state index in [0.29, 0.717) is 27.7 Å². The van der Waals surface area contributed by atoms with E-state index < -0.39 is 36.5 Å². The molecule has 0 fully saturated rings. The number of fused-ring (bicyclic) bond motifs is 2. The minimum absolute atomic E-state index is 0.197. The average molecular weight is 414 g/mol. The van der Waals surface area contributed by atoms with Crippen LogP contribution in [0.15, 0.2) is 19.7 Å². The molecule has 2 aromatic heterocycles. The molecule has 158 valence electrons. The fraction of sp³-hybridized carbons (Fsp3) is 0.333. The highest BCUT2D eigenvalue weighted by Gasteiger charge is 2.20. The van der Waals surface area contributed by atoms with Crippen LogP contribution in [0.5, 0.6) is 0 Å². The molecule has 0 spiro atoms. The third kappa shape index (κ3) is 3.91. The molecule has 0 unspecified atom stereocenters. The first-order valence-electron chi connectivity index (χ1n) is 9.31. The molecule has 3 rings (SSSR count). The lowest BCUT2D eigenvalue weighted by Gasteiger charge is -2.10. The summed E-state index contributed by atoms with van der Waals surface area (Å²) in [5.74, 6) is -1.60. The quantitative estimate of drug-likeness (QED) is 0.521. The first kappa shape index (κ1) is 21.1. The van der Waals surface area contributed by atoms with Crippen molar-refractivity contribution in [3.63, 3.8) is 0 Å². The normalized spacial score (nSPS) is 11.1. The first-order chi connectivity index (χ1) is 14.1. The Balaban J connectivity index is 1.89. The number of amides is 2. The molecule has 9 nitrogen and oxygen atoms in total. The number of hydrogen-bond donors (Lipinski definition) is 3. The number of carbonyl (C=O) groups is 3. The highest BCUT2D eigenvalue weighted by molar-refractivity contribution is 6.00. The molecule has 0 aliphatic rings. The molecular weight excluding hydrogens is 392 g/mol. The van der Waals surface area contributed by atoms with Gasteiger partial charge in [0.2, 0.25) is 11.8 Å². The van der Waals surface area contributed by atoms with Crippen molar-refractivity contribution >= 4 is 39.7 Å².